The highest BCUT2D eigenvalue weighted by Crippen LogP contribution is 2.40. The molecule has 0 radical (unpaired) electrons. The summed E-state index contributed by atoms with van der Waals surface area (Å²) in [4.78, 5) is 11.6. The minimum absolute atomic E-state index is 0.0536. The molecule has 186 valence electrons. The number of benzene rings is 2. The molecule has 0 saturated carbocycles. The lowest BCUT2D eigenvalue weighted by atomic mass is 9.96. The molecule has 4 rings (SSSR count). The Morgan fingerprint density at radius 2 is 1.62 bits per heavy atom. The standard InChI is InChI=1S/C21H27N3O2S.C2HF3O2/c1-16-6-9-18(10-7-16)27(25,26)24-17(2)8-11-19-20(4-3-5-21(19)24)23-14-12-22-13-15-23;3-2(4,5)1(6)7/h3-7,9-10,17,22H,8,11-15H2,1-2H3;(H,6,7). The average Bonchev–Trinajstić information content (AvgIpc) is 2.79. The van der Waals surface area contributed by atoms with Crippen molar-refractivity contribution < 1.29 is 31.5 Å². The number of carbonyl (C=O) groups is 1. The van der Waals surface area contributed by atoms with Gasteiger partial charge in [-0.1, -0.05) is 23.8 Å². The quantitative estimate of drug-likeness (QED) is 0.671. The maximum Gasteiger partial charge on any atom is 0.490 e. The Labute approximate surface area is 197 Å². The summed E-state index contributed by atoms with van der Waals surface area (Å²) in [5, 5.41) is 10.5. The second kappa shape index (κ2) is 10.2. The number of halogens is 3. The van der Waals surface area contributed by atoms with Crippen LogP contribution in [0.1, 0.15) is 24.5 Å². The molecule has 1 unspecified atom stereocenters. The highest BCUT2D eigenvalue weighted by atomic mass is 32.2. The molecule has 0 amide bonds. The van der Waals surface area contributed by atoms with Gasteiger partial charge < -0.3 is 15.3 Å². The first kappa shape index (κ1) is 25.8. The van der Waals surface area contributed by atoms with Gasteiger partial charge in [0.05, 0.1) is 10.6 Å². The van der Waals surface area contributed by atoms with Gasteiger partial charge in [0, 0.05) is 37.9 Å². The first-order valence-corrected chi connectivity index (χ1v) is 12.4. The summed E-state index contributed by atoms with van der Waals surface area (Å²) >= 11 is 0. The van der Waals surface area contributed by atoms with E-state index in [4.69, 9.17) is 9.90 Å². The number of carboxylic acids is 1. The van der Waals surface area contributed by atoms with Crippen LogP contribution < -0.4 is 14.5 Å². The summed E-state index contributed by atoms with van der Waals surface area (Å²) < 4.78 is 60.3. The number of aryl methyl sites for hydroxylation is 1. The molecular weight excluding hydrogens is 471 g/mol. The van der Waals surface area contributed by atoms with Crippen molar-refractivity contribution in [3.05, 3.63) is 53.6 Å². The molecule has 2 aliphatic heterocycles. The van der Waals surface area contributed by atoms with E-state index in [1.807, 2.05) is 38.1 Å². The van der Waals surface area contributed by atoms with E-state index in [2.05, 4.69) is 16.3 Å². The number of alkyl halides is 3. The lowest BCUT2D eigenvalue weighted by Gasteiger charge is -2.39. The lowest BCUT2D eigenvalue weighted by molar-refractivity contribution is -0.192. The van der Waals surface area contributed by atoms with Gasteiger partial charge in [-0.3, -0.25) is 4.31 Å². The van der Waals surface area contributed by atoms with Crippen LogP contribution >= 0.6 is 0 Å². The molecule has 1 fully saturated rings. The fraction of sp³-hybridized carbons (Fsp3) is 0.435. The van der Waals surface area contributed by atoms with Gasteiger partial charge in [-0.15, -0.1) is 0 Å². The highest BCUT2D eigenvalue weighted by molar-refractivity contribution is 7.92. The summed E-state index contributed by atoms with van der Waals surface area (Å²) in [7, 11) is -3.59. The third-order valence-electron chi connectivity index (χ3n) is 5.85. The Kier molecular flexibility index (Phi) is 7.77. The summed E-state index contributed by atoms with van der Waals surface area (Å²) in [6, 6.07) is 13.2. The fourth-order valence-corrected chi connectivity index (χ4v) is 5.84. The Bertz CT molecular complexity index is 1120. The highest BCUT2D eigenvalue weighted by Gasteiger charge is 2.38. The number of nitrogens with zero attached hydrogens (tertiary/aromatic N) is 2. The first-order valence-electron chi connectivity index (χ1n) is 10.9. The van der Waals surface area contributed by atoms with Gasteiger partial charge in [-0.25, -0.2) is 13.2 Å². The third kappa shape index (κ3) is 5.64. The lowest BCUT2D eigenvalue weighted by Crippen LogP contribution is -2.45. The van der Waals surface area contributed by atoms with Gasteiger partial charge in [-0.05, 0) is 56.5 Å². The average molecular weight is 500 g/mol. The maximum atomic E-state index is 13.5. The molecule has 11 heteroatoms. The molecule has 2 aromatic carbocycles. The van der Waals surface area contributed by atoms with Gasteiger partial charge in [0.2, 0.25) is 0 Å². The van der Waals surface area contributed by atoms with Crippen LogP contribution in [-0.4, -0.2) is 57.9 Å². The molecule has 1 atom stereocenters. The van der Waals surface area contributed by atoms with Gasteiger partial charge in [0.25, 0.3) is 10.0 Å². The summed E-state index contributed by atoms with van der Waals surface area (Å²) in [5.41, 5.74) is 4.24. The van der Waals surface area contributed by atoms with Crippen LogP contribution in [0.25, 0.3) is 0 Å². The monoisotopic (exact) mass is 499 g/mol. The van der Waals surface area contributed by atoms with E-state index >= 15 is 0 Å². The van der Waals surface area contributed by atoms with Crippen LogP contribution in [0.3, 0.4) is 0 Å². The molecule has 1 saturated heterocycles. The molecule has 7 nitrogen and oxygen atoms in total. The molecule has 0 aliphatic carbocycles. The predicted octanol–water partition coefficient (Wildman–Crippen LogP) is 3.57. The van der Waals surface area contributed by atoms with Crippen LogP contribution in [0.15, 0.2) is 47.4 Å². The molecule has 34 heavy (non-hydrogen) atoms. The van der Waals surface area contributed by atoms with E-state index in [0.29, 0.717) is 4.90 Å². The SMILES string of the molecule is Cc1ccc(S(=O)(=O)N2c3cccc(N4CCNCC4)c3CCC2C)cc1.O=C(O)C(F)(F)F. The molecule has 0 spiro atoms. The number of fused-ring (bicyclic) bond motifs is 1. The van der Waals surface area contributed by atoms with Crippen LogP contribution in [0, 0.1) is 6.92 Å². The van der Waals surface area contributed by atoms with Gasteiger partial charge in [0.15, 0.2) is 0 Å². The summed E-state index contributed by atoms with van der Waals surface area (Å²) in [6.45, 7) is 7.81. The van der Waals surface area contributed by atoms with Gasteiger partial charge in [-0.2, -0.15) is 13.2 Å². The van der Waals surface area contributed by atoms with E-state index in [9.17, 15) is 21.6 Å². The number of sulfonamides is 1. The number of nitrogens with one attached hydrogen (secondary N) is 1. The van der Waals surface area contributed by atoms with Crippen LogP contribution in [0.5, 0.6) is 0 Å². The Hall–Kier alpha value is -2.79. The molecule has 0 aromatic heterocycles. The van der Waals surface area contributed by atoms with Crippen molar-refractivity contribution in [3.63, 3.8) is 0 Å². The molecule has 2 N–H and O–H groups in total. The number of rotatable bonds is 3. The van der Waals surface area contributed by atoms with Gasteiger partial charge in [0.1, 0.15) is 0 Å². The molecule has 0 bridgehead atoms. The van der Waals surface area contributed by atoms with Crippen molar-refractivity contribution in [2.45, 2.75) is 43.8 Å². The molecule has 2 aliphatic rings. The van der Waals surface area contributed by atoms with Gasteiger partial charge >= 0.3 is 12.1 Å². The number of hydrogen-bond donors (Lipinski definition) is 2. The van der Waals surface area contributed by atoms with E-state index in [0.717, 1.165) is 55.8 Å². The van der Waals surface area contributed by atoms with E-state index < -0.39 is 22.2 Å². The number of anilines is 2. The van der Waals surface area contributed by atoms with Crippen LogP contribution in [0.2, 0.25) is 0 Å². The van der Waals surface area contributed by atoms with E-state index in [-0.39, 0.29) is 6.04 Å². The second-order valence-corrected chi connectivity index (χ2v) is 10.1. The van der Waals surface area contributed by atoms with Crippen molar-refractivity contribution in [1.29, 1.82) is 0 Å². The van der Waals surface area contributed by atoms with Crippen molar-refractivity contribution >= 4 is 27.4 Å². The number of hydrogen-bond acceptors (Lipinski definition) is 5. The largest absolute Gasteiger partial charge is 0.490 e. The third-order valence-corrected chi connectivity index (χ3v) is 7.80. The smallest absolute Gasteiger partial charge is 0.475 e. The zero-order valence-corrected chi connectivity index (χ0v) is 19.8. The number of carboxylic acid groups (broad SMARTS) is 1. The van der Waals surface area contributed by atoms with Crippen LogP contribution in [-0.2, 0) is 21.2 Å². The van der Waals surface area contributed by atoms with E-state index in [1.165, 1.54) is 5.69 Å². The zero-order valence-electron chi connectivity index (χ0n) is 19.0. The van der Waals surface area contributed by atoms with Crippen molar-refractivity contribution in [3.8, 4) is 0 Å². The summed E-state index contributed by atoms with van der Waals surface area (Å²) in [6.07, 6.45) is -3.34. The predicted molar refractivity (Wildman–Crippen MR) is 124 cm³/mol. The minimum atomic E-state index is -5.08. The van der Waals surface area contributed by atoms with Crippen molar-refractivity contribution in [1.82, 2.24) is 5.32 Å². The molecular formula is C23H28F3N3O4S. The van der Waals surface area contributed by atoms with Crippen molar-refractivity contribution in [2.75, 3.05) is 35.4 Å². The van der Waals surface area contributed by atoms with E-state index in [1.54, 1.807) is 16.4 Å². The maximum absolute atomic E-state index is 13.5. The minimum Gasteiger partial charge on any atom is -0.475 e. The molecule has 2 aromatic rings. The Morgan fingerprint density at radius 1 is 1.06 bits per heavy atom. The Balaban J connectivity index is 0.000000406. The first-order chi connectivity index (χ1) is 15.9. The topological polar surface area (TPSA) is 90.0 Å². The second-order valence-electron chi connectivity index (χ2n) is 8.32. The number of piperazine rings is 1. The van der Waals surface area contributed by atoms with Crippen molar-refractivity contribution in [2.24, 2.45) is 0 Å². The van der Waals surface area contributed by atoms with Crippen LogP contribution in [0.4, 0.5) is 24.5 Å². The number of aliphatic carboxylic acids is 1. The normalized spacial score (nSPS) is 18.6. The zero-order chi connectivity index (χ0) is 25.1. The fourth-order valence-electron chi connectivity index (χ4n) is 4.13. The summed E-state index contributed by atoms with van der Waals surface area (Å²) in [5.74, 6) is -2.76. The molecule has 2 heterocycles. The Morgan fingerprint density at radius 3 is 2.18 bits per heavy atom.